The fraction of sp³-hybridized carbons (Fsp3) is 0.500. The zero-order chi connectivity index (χ0) is 6.85. The minimum Gasteiger partial charge on any atom is -0.336 e. The van der Waals surface area contributed by atoms with Crippen molar-refractivity contribution in [3.8, 4) is 0 Å². The minimum absolute atomic E-state index is 0.736. The standard InChI is InChI=1S/C4H8N4S/c1-3-6-7-4(9-2)8(3)5/h5H2,1-2H3. The van der Waals surface area contributed by atoms with E-state index >= 15 is 0 Å². The number of rotatable bonds is 1. The van der Waals surface area contributed by atoms with Crippen LogP contribution in [0.1, 0.15) is 5.82 Å². The SMILES string of the molecule is CSc1nnc(C)n1N. The van der Waals surface area contributed by atoms with Gasteiger partial charge >= 0.3 is 0 Å². The van der Waals surface area contributed by atoms with Gasteiger partial charge in [0, 0.05) is 0 Å². The smallest absolute Gasteiger partial charge is 0.209 e. The molecule has 1 aromatic rings. The molecule has 4 nitrogen and oxygen atoms in total. The van der Waals surface area contributed by atoms with E-state index in [0.717, 1.165) is 11.0 Å². The summed E-state index contributed by atoms with van der Waals surface area (Å²) < 4.78 is 1.46. The van der Waals surface area contributed by atoms with Crippen LogP contribution < -0.4 is 5.84 Å². The monoisotopic (exact) mass is 144 g/mol. The quantitative estimate of drug-likeness (QED) is 0.446. The van der Waals surface area contributed by atoms with Gasteiger partial charge < -0.3 is 5.84 Å². The van der Waals surface area contributed by atoms with Gasteiger partial charge in [-0.05, 0) is 13.2 Å². The molecule has 1 aromatic heterocycles. The fourth-order valence-electron chi connectivity index (χ4n) is 0.489. The minimum atomic E-state index is 0.736. The molecule has 0 amide bonds. The average molecular weight is 144 g/mol. The highest BCUT2D eigenvalue weighted by atomic mass is 32.2. The Morgan fingerprint density at radius 2 is 2.22 bits per heavy atom. The summed E-state index contributed by atoms with van der Waals surface area (Å²) in [6, 6.07) is 0. The van der Waals surface area contributed by atoms with Gasteiger partial charge in [0.05, 0.1) is 0 Å². The van der Waals surface area contributed by atoms with E-state index in [9.17, 15) is 0 Å². The summed E-state index contributed by atoms with van der Waals surface area (Å²) in [5, 5.41) is 8.28. The van der Waals surface area contributed by atoms with Crippen LogP contribution in [0.15, 0.2) is 5.16 Å². The van der Waals surface area contributed by atoms with E-state index in [2.05, 4.69) is 10.2 Å². The third-order valence-electron chi connectivity index (χ3n) is 1.02. The zero-order valence-corrected chi connectivity index (χ0v) is 6.14. The first-order chi connectivity index (χ1) is 4.25. The Balaban J connectivity index is 3.04. The number of hydrogen-bond donors (Lipinski definition) is 1. The van der Waals surface area contributed by atoms with Gasteiger partial charge in [-0.3, -0.25) is 0 Å². The summed E-state index contributed by atoms with van der Waals surface area (Å²) in [4.78, 5) is 0. The Morgan fingerprint density at radius 1 is 1.56 bits per heavy atom. The van der Waals surface area contributed by atoms with Crippen LogP contribution >= 0.6 is 11.8 Å². The summed E-state index contributed by atoms with van der Waals surface area (Å²) >= 11 is 1.48. The third-order valence-corrected chi connectivity index (χ3v) is 1.66. The van der Waals surface area contributed by atoms with Crippen LogP contribution in [-0.2, 0) is 0 Å². The van der Waals surface area contributed by atoms with E-state index in [1.54, 1.807) is 0 Å². The van der Waals surface area contributed by atoms with Gasteiger partial charge in [0.1, 0.15) is 5.82 Å². The molecule has 0 fully saturated rings. The van der Waals surface area contributed by atoms with Crippen molar-refractivity contribution in [2.75, 3.05) is 12.1 Å². The van der Waals surface area contributed by atoms with Crippen molar-refractivity contribution in [2.45, 2.75) is 12.1 Å². The molecule has 9 heavy (non-hydrogen) atoms. The predicted molar refractivity (Wildman–Crippen MR) is 36.7 cm³/mol. The van der Waals surface area contributed by atoms with Gasteiger partial charge in [0.2, 0.25) is 5.16 Å². The second-order valence-corrected chi connectivity index (χ2v) is 2.38. The van der Waals surface area contributed by atoms with Crippen LogP contribution in [0.2, 0.25) is 0 Å². The molecule has 1 rings (SSSR count). The molecule has 0 aliphatic rings. The highest BCUT2D eigenvalue weighted by Crippen LogP contribution is 2.08. The molecule has 0 saturated carbocycles. The predicted octanol–water partition coefficient (Wildman–Crippen LogP) is 0.0222. The van der Waals surface area contributed by atoms with Crippen molar-refractivity contribution in [1.29, 1.82) is 0 Å². The Hall–Kier alpha value is -0.710. The molecule has 2 N–H and O–H groups in total. The Labute approximate surface area is 57.4 Å². The molecule has 0 aliphatic heterocycles. The van der Waals surface area contributed by atoms with Gasteiger partial charge in [0.15, 0.2) is 0 Å². The summed E-state index contributed by atoms with van der Waals surface area (Å²) in [6.45, 7) is 1.81. The number of nitrogens with two attached hydrogens (primary N) is 1. The number of aromatic nitrogens is 3. The molecular weight excluding hydrogens is 136 g/mol. The molecule has 0 radical (unpaired) electrons. The molecule has 50 valence electrons. The van der Waals surface area contributed by atoms with E-state index in [0.29, 0.717) is 0 Å². The van der Waals surface area contributed by atoms with E-state index in [1.807, 2.05) is 13.2 Å². The normalized spacial score (nSPS) is 10.0. The van der Waals surface area contributed by atoms with Crippen molar-refractivity contribution in [3.05, 3.63) is 5.82 Å². The number of nitrogens with zero attached hydrogens (tertiary/aromatic N) is 3. The van der Waals surface area contributed by atoms with Crippen LogP contribution in [0.3, 0.4) is 0 Å². The van der Waals surface area contributed by atoms with E-state index in [4.69, 9.17) is 5.84 Å². The van der Waals surface area contributed by atoms with E-state index in [-0.39, 0.29) is 0 Å². The summed E-state index contributed by atoms with van der Waals surface area (Å²) in [6.07, 6.45) is 1.91. The Bertz CT molecular complexity index is 206. The molecule has 0 aliphatic carbocycles. The van der Waals surface area contributed by atoms with Crippen molar-refractivity contribution in [3.63, 3.8) is 0 Å². The lowest BCUT2D eigenvalue weighted by molar-refractivity contribution is 0.827. The maximum Gasteiger partial charge on any atom is 0.209 e. The van der Waals surface area contributed by atoms with Crippen molar-refractivity contribution in [1.82, 2.24) is 14.9 Å². The molecule has 5 heteroatoms. The fourth-order valence-corrected chi connectivity index (χ4v) is 0.940. The van der Waals surface area contributed by atoms with Crippen LogP contribution in [0.5, 0.6) is 0 Å². The second-order valence-electron chi connectivity index (χ2n) is 1.60. The van der Waals surface area contributed by atoms with Gasteiger partial charge in [-0.1, -0.05) is 11.8 Å². The molecular formula is C4H8N4S. The molecule has 0 spiro atoms. The molecule has 0 aromatic carbocycles. The first kappa shape index (κ1) is 6.41. The molecule has 0 unspecified atom stereocenters. The van der Waals surface area contributed by atoms with E-state index in [1.165, 1.54) is 16.4 Å². The zero-order valence-electron chi connectivity index (χ0n) is 5.33. The maximum atomic E-state index is 5.48. The van der Waals surface area contributed by atoms with Crippen LogP contribution in [0, 0.1) is 6.92 Å². The van der Waals surface area contributed by atoms with Crippen molar-refractivity contribution < 1.29 is 0 Å². The van der Waals surface area contributed by atoms with Crippen LogP contribution in [0.4, 0.5) is 0 Å². The van der Waals surface area contributed by atoms with Crippen LogP contribution in [0.25, 0.3) is 0 Å². The highest BCUT2D eigenvalue weighted by Gasteiger charge is 2.01. The van der Waals surface area contributed by atoms with E-state index < -0.39 is 0 Å². The lowest BCUT2D eigenvalue weighted by Crippen LogP contribution is -2.11. The average Bonchev–Trinajstić information content (AvgIpc) is 2.15. The Morgan fingerprint density at radius 3 is 2.44 bits per heavy atom. The van der Waals surface area contributed by atoms with Crippen LogP contribution in [-0.4, -0.2) is 21.1 Å². The maximum absolute atomic E-state index is 5.48. The van der Waals surface area contributed by atoms with Gasteiger partial charge in [-0.2, -0.15) is 0 Å². The number of thioether (sulfide) groups is 1. The van der Waals surface area contributed by atoms with Gasteiger partial charge in [0.25, 0.3) is 0 Å². The first-order valence-corrected chi connectivity index (χ1v) is 3.69. The van der Waals surface area contributed by atoms with Gasteiger partial charge in [-0.15, -0.1) is 10.2 Å². The third kappa shape index (κ3) is 0.999. The second kappa shape index (κ2) is 2.26. The molecule has 0 bridgehead atoms. The lowest BCUT2D eigenvalue weighted by atomic mass is 10.7. The van der Waals surface area contributed by atoms with Gasteiger partial charge in [-0.25, -0.2) is 4.68 Å². The van der Waals surface area contributed by atoms with Crippen molar-refractivity contribution in [2.24, 2.45) is 0 Å². The summed E-state index contributed by atoms with van der Waals surface area (Å²) in [7, 11) is 0. The number of nitrogen functional groups attached to an aromatic ring is 1. The Kier molecular flexibility index (Phi) is 1.61. The summed E-state index contributed by atoms with van der Waals surface area (Å²) in [5.41, 5.74) is 0. The topological polar surface area (TPSA) is 56.7 Å². The largest absolute Gasteiger partial charge is 0.336 e. The molecule has 0 atom stereocenters. The van der Waals surface area contributed by atoms with Crippen molar-refractivity contribution >= 4 is 11.8 Å². The number of aryl methyl sites for hydroxylation is 1. The number of hydrogen-bond acceptors (Lipinski definition) is 4. The lowest BCUT2D eigenvalue weighted by Gasteiger charge is -1.94. The molecule has 1 heterocycles. The molecule has 0 saturated heterocycles. The summed E-state index contributed by atoms with van der Waals surface area (Å²) in [5.74, 6) is 6.22. The first-order valence-electron chi connectivity index (χ1n) is 2.46. The highest BCUT2D eigenvalue weighted by molar-refractivity contribution is 7.98.